The van der Waals surface area contributed by atoms with Gasteiger partial charge >= 0.3 is 0 Å². The smallest absolute Gasteiger partial charge is 0.164 e. The van der Waals surface area contributed by atoms with Crippen LogP contribution in [-0.2, 0) is 0 Å². The highest BCUT2D eigenvalue weighted by Gasteiger charge is 2.20. The summed E-state index contributed by atoms with van der Waals surface area (Å²) in [5.74, 6) is 1.89. The number of hydrogen-bond acceptors (Lipinski definition) is 4. The van der Waals surface area contributed by atoms with E-state index in [1.54, 1.807) is 11.3 Å². The highest BCUT2D eigenvalue weighted by atomic mass is 32.1. The van der Waals surface area contributed by atoms with Crippen LogP contribution >= 0.6 is 11.3 Å². The minimum Gasteiger partial charge on any atom is -0.309 e. The molecule has 0 bridgehead atoms. The van der Waals surface area contributed by atoms with Gasteiger partial charge in [-0.1, -0.05) is 200 Å². The van der Waals surface area contributed by atoms with E-state index >= 15 is 0 Å². The summed E-state index contributed by atoms with van der Waals surface area (Å²) in [4.78, 5) is 15.9. The van der Waals surface area contributed by atoms with Crippen LogP contribution in [0.4, 0.5) is 0 Å². The van der Waals surface area contributed by atoms with Crippen LogP contribution < -0.4 is 0 Å². The van der Waals surface area contributed by atoms with Crippen molar-refractivity contribution >= 4 is 53.3 Å². The first-order valence-electron chi connectivity index (χ1n) is 25.0. The molecule has 11 aromatic carbocycles. The Bertz CT molecular complexity index is 4350. The van der Waals surface area contributed by atoms with Crippen molar-refractivity contribution in [3.63, 3.8) is 0 Å². The van der Waals surface area contributed by atoms with Crippen LogP contribution in [0.1, 0.15) is 0 Å². The van der Waals surface area contributed by atoms with E-state index in [-0.39, 0.29) is 0 Å². The second kappa shape index (κ2) is 18.2. The lowest BCUT2D eigenvalue weighted by Gasteiger charge is -2.14. The zero-order valence-electron chi connectivity index (χ0n) is 40.1. The number of nitrogens with zero attached hydrogens (tertiary/aromatic N) is 4. The van der Waals surface area contributed by atoms with Gasteiger partial charge in [0.25, 0.3) is 0 Å². The predicted molar refractivity (Wildman–Crippen MR) is 311 cm³/mol. The molecular formula is C69H44N4S. The molecule has 5 heteroatoms. The van der Waals surface area contributed by atoms with Crippen molar-refractivity contribution in [1.29, 1.82) is 0 Å². The third-order valence-electron chi connectivity index (χ3n) is 14.2. The lowest BCUT2D eigenvalue weighted by Crippen LogP contribution is -2.00. The molecule has 4 nitrogen and oxygen atoms in total. The number of aromatic nitrogens is 4. The van der Waals surface area contributed by atoms with Gasteiger partial charge in [-0.3, -0.25) is 0 Å². The third kappa shape index (κ3) is 7.75. The normalized spacial score (nSPS) is 11.5. The third-order valence-corrected chi connectivity index (χ3v) is 15.4. The van der Waals surface area contributed by atoms with Crippen molar-refractivity contribution in [2.45, 2.75) is 0 Å². The zero-order valence-corrected chi connectivity index (χ0v) is 40.9. The Morgan fingerprint density at radius 2 is 0.730 bits per heavy atom. The van der Waals surface area contributed by atoms with Gasteiger partial charge in [0.05, 0.1) is 16.7 Å². The van der Waals surface area contributed by atoms with Gasteiger partial charge in [0.15, 0.2) is 17.5 Å². The molecule has 0 aliphatic carbocycles. The molecule has 74 heavy (non-hydrogen) atoms. The molecule has 3 heterocycles. The first-order chi connectivity index (χ1) is 36.7. The first-order valence-corrected chi connectivity index (χ1v) is 25.8. The average molecular weight is 961 g/mol. The standard InChI is InChI=1S/C69H44N4S/c1-5-19-45(20-6-1)53-40-54(46-21-7-2-8-22-46)42-55(41-53)49-27-17-28-52(39-49)68-70-67(48-25-11-4-12-26-48)71-69(72-68)58-31-18-34-65-66(58)60-44-51(36-38-64(60)74-65)50-35-37-63-59(43-50)57-30-14-16-33-62(57)73(63)61-32-15-13-29-56(61)47-23-9-3-10-24-47/h1-44H. The molecule has 0 unspecified atom stereocenters. The average Bonchev–Trinajstić information content (AvgIpc) is 4.03. The second-order valence-electron chi connectivity index (χ2n) is 18.7. The van der Waals surface area contributed by atoms with E-state index in [1.807, 2.05) is 18.2 Å². The number of para-hydroxylation sites is 2. The van der Waals surface area contributed by atoms with Crippen molar-refractivity contribution in [1.82, 2.24) is 19.5 Å². The number of benzene rings is 11. The van der Waals surface area contributed by atoms with Crippen LogP contribution in [-0.4, -0.2) is 19.5 Å². The maximum atomic E-state index is 5.38. The van der Waals surface area contributed by atoms with Gasteiger partial charge in [-0.15, -0.1) is 11.3 Å². The molecular weight excluding hydrogens is 917 g/mol. The largest absolute Gasteiger partial charge is 0.309 e. The maximum Gasteiger partial charge on any atom is 0.164 e. The Hall–Kier alpha value is -9.55. The van der Waals surface area contributed by atoms with Gasteiger partial charge in [0.1, 0.15) is 0 Å². The summed E-state index contributed by atoms with van der Waals surface area (Å²) in [5.41, 5.74) is 17.9. The van der Waals surface area contributed by atoms with Crippen molar-refractivity contribution in [2.75, 3.05) is 0 Å². The molecule has 0 N–H and O–H groups in total. The van der Waals surface area contributed by atoms with Gasteiger partial charge < -0.3 is 4.57 Å². The lowest BCUT2D eigenvalue weighted by molar-refractivity contribution is 1.08. The number of rotatable bonds is 9. The monoisotopic (exact) mass is 960 g/mol. The topological polar surface area (TPSA) is 43.6 Å². The van der Waals surface area contributed by atoms with Crippen molar-refractivity contribution < 1.29 is 0 Å². The van der Waals surface area contributed by atoms with Crippen molar-refractivity contribution in [3.8, 4) is 95.5 Å². The molecule has 14 rings (SSSR count). The fraction of sp³-hybridized carbons (Fsp3) is 0. The van der Waals surface area contributed by atoms with E-state index in [4.69, 9.17) is 15.0 Å². The van der Waals surface area contributed by atoms with Gasteiger partial charge in [0, 0.05) is 53.2 Å². The van der Waals surface area contributed by atoms with Crippen LogP contribution in [0.5, 0.6) is 0 Å². The fourth-order valence-electron chi connectivity index (χ4n) is 10.7. The Labute approximate surface area is 432 Å². The molecule has 14 aromatic rings. The SMILES string of the molecule is c1ccc(-c2cc(-c3ccccc3)cc(-c3cccc(-c4nc(-c5ccccc5)nc(-c5cccc6sc7ccc(-c8ccc9c(c8)c8ccccc8n9-c8ccccc8-c8ccccc8)cc7c56)n4)c3)c2)cc1. The van der Waals surface area contributed by atoms with Crippen LogP contribution in [0.2, 0.25) is 0 Å². The fourth-order valence-corrected chi connectivity index (χ4v) is 11.8. The minimum absolute atomic E-state index is 0.620. The molecule has 0 saturated heterocycles. The van der Waals surface area contributed by atoms with Crippen LogP contribution in [0, 0.1) is 0 Å². The zero-order chi connectivity index (χ0) is 49.0. The number of thiophene rings is 1. The van der Waals surface area contributed by atoms with Gasteiger partial charge in [-0.25, -0.2) is 15.0 Å². The lowest BCUT2D eigenvalue weighted by atomic mass is 9.93. The molecule has 0 aliphatic rings. The Kier molecular flexibility index (Phi) is 10.7. The summed E-state index contributed by atoms with van der Waals surface area (Å²) < 4.78 is 4.82. The van der Waals surface area contributed by atoms with E-state index in [0.717, 1.165) is 61.1 Å². The van der Waals surface area contributed by atoms with Crippen LogP contribution in [0.15, 0.2) is 267 Å². The van der Waals surface area contributed by atoms with E-state index in [9.17, 15) is 0 Å². The molecule has 0 spiro atoms. The minimum atomic E-state index is 0.620. The molecule has 0 atom stereocenters. The summed E-state index contributed by atoms with van der Waals surface area (Å²) in [6.45, 7) is 0. The van der Waals surface area contributed by atoms with E-state index < -0.39 is 0 Å². The van der Waals surface area contributed by atoms with E-state index in [0.29, 0.717) is 17.5 Å². The molecule has 0 amide bonds. The Balaban J connectivity index is 0.898. The summed E-state index contributed by atoms with van der Waals surface area (Å²) in [7, 11) is 0. The molecule has 346 valence electrons. The predicted octanol–water partition coefficient (Wildman–Crippen LogP) is 18.7. The summed E-state index contributed by atoms with van der Waals surface area (Å²) >= 11 is 1.80. The summed E-state index contributed by atoms with van der Waals surface area (Å²) in [6.07, 6.45) is 0. The van der Waals surface area contributed by atoms with Crippen molar-refractivity contribution in [3.05, 3.63) is 267 Å². The molecule has 0 radical (unpaired) electrons. The van der Waals surface area contributed by atoms with E-state index in [1.165, 1.54) is 58.8 Å². The quantitative estimate of drug-likeness (QED) is 0.145. The Morgan fingerprint density at radius 1 is 0.257 bits per heavy atom. The van der Waals surface area contributed by atoms with Crippen LogP contribution in [0.25, 0.3) is 137 Å². The number of hydrogen-bond donors (Lipinski definition) is 0. The highest BCUT2D eigenvalue weighted by molar-refractivity contribution is 7.26. The van der Waals surface area contributed by atoms with Gasteiger partial charge in [0.2, 0.25) is 0 Å². The summed E-state index contributed by atoms with van der Waals surface area (Å²) in [6, 6.07) is 95.5. The van der Waals surface area contributed by atoms with Gasteiger partial charge in [-0.05, 0) is 117 Å². The Morgan fingerprint density at radius 3 is 1.45 bits per heavy atom. The van der Waals surface area contributed by atoms with E-state index in [2.05, 4.69) is 253 Å². The number of fused-ring (bicyclic) bond motifs is 6. The summed E-state index contributed by atoms with van der Waals surface area (Å²) in [5, 5.41) is 4.75. The molecule has 0 aliphatic heterocycles. The first kappa shape index (κ1) is 43.3. The van der Waals surface area contributed by atoms with Crippen LogP contribution in [0.3, 0.4) is 0 Å². The molecule has 3 aromatic heterocycles. The second-order valence-corrected chi connectivity index (χ2v) is 19.8. The maximum absolute atomic E-state index is 5.38. The highest BCUT2D eigenvalue weighted by Crippen LogP contribution is 2.44. The van der Waals surface area contributed by atoms with Crippen molar-refractivity contribution in [2.24, 2.45) is 0 Å². The molecule has 0 fully saturated rings. The molecule has 0 saturated carbocycles. The van der Waals surface area contributed by atoms with Gasteiger partial charge in [-0.2, -0.15) is 0 Å².